The summed E-state index contributed by atoms with van der Waals surface area (Å²) in [5.41, 5.74) is 1.05. The van der Waals surface area contributed by atoms with E-state index in [1.807, 2.05) is 17.0 Å². The summed E-state index contributed by atoms with van der Waals surface area (Å²) in [6.07, 6.45) is 2.22. The highest BCUT2D eigenvalue weighted by atomic mass is 16.5. The Hall–Kier alpha value is -1.95. The van der Waals surface area contributed by atoms with Crippen LogP contribution in [0.25, 0.3) is 0 Å². The van der Waals surface area contributed by atoms with Crippen molar-refractivity contribution >= 4 is 5.91 Å². The van der Waals surface area contributed by atoms with Crippen LogP contribution >= 0.6 is 0 Å². The Morgan fingerprint density at radius 1 is 1.04 bits per heavy atom. The molecule has 3 rings (SSSR count). The average Bonchev–Trinajstić information content (AvgIpc) is 3.31. The minimum Gasteiger partial charge on any atom is -0.493 e. The number of benzene rings is 1. The van der Waals surface area contributed by atoms with E-state index in [1.54, 1.807) is 21.3 Å². The van der Waals surface area contributed by atoms with Crippen molar-refractivity contribution in [3.63, 3.8) is 0 Å². The molecule has 0 aliphatic carbocycles. The fourth-order valence-electron chi connectivity index (χ4n) is 3.78. The number of hydrogen-bond acceptors (Lipinski definition) is 5. The zero-order chi connectivity index (χ0) is 17.1. The topological polar surface area (TPSA) is 60.0 Å². The lowest BCUT2D eigenvalue weighted by molar-refractivity contribution is -0.134. The molecule has 0 bridgehead atoms. The minimum atomic E-state index is -0.0362. The van der Waals surface area contributed by atoms with E-state index in [0.29, 0.717) is 17.2 Å². The van der Waals surface area contributed by atoms with Gasteiger partial charge in [0.1, 0.15) is 0 Å². The maximum absolute atomic E-state index is 12.9. The van der Waals surface area contributed by atoms with Gasteiger partial charge in [-0.05, 0) is 30.5 Å². The molecule has 0 spiro atoms. The van der Waals surface area contributed by atoms with Crippen LogP contribution < -0.4 is 19.5 Å². The van der Waals surface area contributed by atoms with E-state index in [9.17, 15) is 4.79 Å². The molecule has 1 N–H and O–H groups in total. The van der Waals surface area contributed by atoms with Gasteiger partial charge in [-0.1, -0.05) is 0 Å². The molecule has 6 nitrogen and oxygen atoms in total. The third kappa shape index (κ3) is 3.02. The fourth-order valence-corrected chi connectivity index (χ4v) is 3.78. The van der Waals surface area contributed by atoms with Gasteiger partial charge in [0.05, 0.1) is 27.2 Å². The van der Waals surface area contributed by atoms with Crippen LogP contribution in [0.4, 0.5) is 0 Å². The number of likely N-dealkylation sites (tertiary alicyclic amines) is 1. The Labute approximate surface area is 143 Å². The van der Waals surface area contributed by atoms with Gasteiger partial charge < -0.3 is 24.4 Å². The van der Waals surface area contributed by atoms with E-state index < -0.39 is 0 Å². The third-order valence-electron chi connectivity index (χ3n) is 5.06. The van der Waals surface area contributed by atoms with Gasteiger partial charge in [0, 0.05) is 32.1 Å². The predicted octanol–water partition coefficient (Wildman–Crippen LogP) is 1.64. The lowest BCUT2D eigenvalue weighted by atomic mass is 9.87. The van der Waals surface area contributed by atoms with Gasteiger partial charge in [0.2, 0.25) is 11.7 Å². The molecule has 6 heteroatoms. The summed E-state index contributed by atoms with van der Waals surface area (Å²) in [5, 5.41) is 3.37. The molecule has 2 fully saturated rings. The summed E-state index contributed by atoms with van der Waals surface area (Å²) in [7, 11) is 4.82. The van der Waals surface area contributed by atoms with Gasteiger partial charge in [0.15, 0.2) is 11.5 Å². The molecule has 0 saturated carbocycles. The number of nitrogens with one attached hydrogen (secondary N) is 1. The Bertz CT molecular complexity index is 574. The van der Waals surface area contributed by atoms with Crippen LogP contribution in [0.2, 0.25) is 0 Å². The van der Waals surface area contributed by atoms with Crippen molar-refractivity contribution in [3.8, 4) is 17.2 Å². The number of carbonyl (C=O) groups excluding carboxylic acids is 1. The van der Waals surface area contributed by atoms with Crippen LogP contribution in [-0.4, -0.2) is 58.3 Å². The number of amides is 1. The van der Waals surface area contributed by atoms with E-state index in [2.05, 4.69) is 5.32 Å². The molecule has 1 amide bonds. The molecule has 1 aromatic rings. The molecule has 2 saturated heterocycles. The van der Waals surface area contributed by atoms with E-state index in [1.165, 1.54) is 0 Å². The van der Waals surface area contributed by atoms with Crippen LogP contribution in [0, 0.1) is 5.92 Å². The lowest BCUT2D eigenvalue weighted by Gasteiger charge is -2.25. The second-order valence-corrected chi connectivity index (χ2v) is 6.36. The molecule has 2 aliphatic rings. The minimum absolute atomic E-state index is 0.0362. The largest absolute Gasteiger partial charge is 0.493 e. The molecule has 24 heavy (non-hydrogen) atoms. The van der Waals surface area contributed by atoms with Gasteiger partial charge >= 0.3 is 0 Å². The van der Waals surface area contributed by atoms with Gasteiger partial charge in [-0.3, -0.25) is 4.79 Å². The summed E-state index contributed by atoms with van der Waals surface area (Å²) >= 11 is 0. The van der Waals surface area contributed by atoms with Crippen molar-refractivity contribution in [2.75, 3.05) is 47.5 Å². The quantitative estimate of drug-likeness (QED) is 0.887. The van der Waals surface area contributed by atoms with E-state index >= 15 is 0 Å². The van der Waals surface area contributed by atoms with Crippen molar-refractivity contribution in [2.45, 2.75) is 18.8 Å². The molecule has 2 unspecified atom stereocenters. The number of ether oxygens (including phenoxy) is 3. The molecule has 0 radical (unpaired) electrons. The highest BCUT2D eigenvalue weighted by molar-refractivity contribution is 5.81. The Morgan fingerprint density at radius 2 is 1.67 bits per heavy atom. The average molecular weight is 334 g/mol. The normalized spacial score (nSPS) is 23.4. The van der Waals surface area contributed by atoms with Gasteiger partial charge in [-0.2, -0.15) is 0 Å². The summed E-state index contributed by atoms with van der Waals surface area (Å²) < 4.78 is 16.3. The van der Waals surface area contributed by atoms with Gasteiger partial charge in [-0.25, -0.2) is 0 Å². The van der Waals surface area contributed by atoms with E-state index in [-0.39, 0.29) is 17.7 Å². The number of methoxy groups -OCH3 is 3. The maximum atomic E-state index is 12.9. The number of hydrogen-bond donors (Lipinski definition) is 1. The summed E-state index contributed by atoms with van der Waals surface area (Å²) in [6, 6.07) is 3.92. The van der Waals surface area contributed by atoms with Crippen LogP contribution in [-0.2, 0) is 4.79 Å². The maximum Gasteiger partial charge on any atom is 0.227 e. The zero-order valence-corrected chi connectivity index (χ0v) is 14.6. The molecule has 0 aromatic heterocycles. The van der Waals surface area contributed by atoms with E-state index in [4.69, 9.17) is 14.2 Å². The van der Waals surface area contributed by atoms with Crippen molar-refractivity contribution < 1.29 is 19.0 Å². The molecule has 1 aromatic carbocycles. The smallest absolute Gasteiger partial charge is 0.227 e. The first kappa shape index (κ1) is 16.9. The molecular formula is C18H26N2O4. The van der Waals surface area contributed by atoms with Crippen LogP contribution in [0.15, 0.2) is 12.1 Å². The van der Waals surface area contributed by atoms with Crippen LogP contribution in [0.5, 0.6) is 17.2 Å². The van der Waals surface area contributed by atoms with E-state index in [0.717, 1.165) is 44.6 Å². The Balaban J connectivity index is 1.90. The van der Waals surface area contributed by atoms with Crippen LogP contribution in [0.1, 0.15) is 24.3 Å². The second-order valence-electron chi connectivity index (χ2n) is 6.36. The standard InChI is InChI=1S/C18H26N2O4/c1-22-15-8-12(9-16(23-2)17(15)24-3)13-10-19-11-14(13)18(21)20-6-4-5-7-20/h8-9,13-14,19H,4-7,10-11H2,1-3H3. The van der Waals surface area contributed by atoms with Gasteiger partial charge in [0.25, 0.3) is 0 Å². The van der Waals surface area contributed by atoms with Crippen molar-refractivity contribution in [2.24, 2.45) is 5.92 Å². The van der Waals surface area contributed by atoms with Crippen molar-refractivity contribution in [1.29, 1.82) is 0 Å². The molecular weight excluding hydrogens is 308 g/mol. The van der Waals surface area contributed by atoms with Crippen molar-refractivity contribution in [3.05, 3.63) is 17.7 Å². The molecule has 2 heterocycles. The monoisotopic (exact) mass is 334 g/mol. The lowest BCUT2D eigenvalue weighted by Crippen LogP contribution is -2.36. The number of rotatable bonds is 5. The Morgan fingerprint density at radius 3 is 2.21 bits per heavy atom. The highest BCUT2D eigenvalue weighted by Crippen LogP contribution is 2.42. The fraction of sp³-hybridized carbons (Fsp3) is 0.611. The Kier molecular flexibility index (Phi) is 5.14. The summed E-state index contributed by atoms with van der Waals surface area (Å²) in [6.45, 7) is 3.27. The molecule has 132 valence electrons. The molecule has 2 atom stereocenters. The van der Waals surface area contributed by atoms with Crippen LogP contribution in [0.3, 0.4) is 0 Å². The molecule has 2 aliphatic heterocycles. The van der Waals surface area contributed by atoms with Gasteiger partial charge in [-0.15, -0.1) is 0 Å². The predicted molar refractivity (Wildman–Crippen MR) is 91.0 cm³/mol. The zero-order valence-electron chi connectivity index (χ0n) is 14.6. The first-order valence-corrected chi connectivity index (χ1v) is 8.49. The van der Waals surface area contributed by atoms with Crippen molar-refractivity contribution in [1.82, 2.24) is 10.2 Å². The number of nitrogens with zero attached hydrogens (tertiary/aromatic N) is 1. The second kappa shape index (κ2) is 7.30. The number of carbonyl (C=O) groups is 1. The summed E-state index contributed by atoms with van der Waals surface area (Å²) in [4.78, 5) is 14.9. The SMILES string of the molecule is COc1cc(C2CNCC2C(=O)N2CCCC2)cc(OC)c1OC. The summed E-state index contributed by atoms with van der Waals surface area (Å²) in [5.74, 6) is 2.18. The first-order valence-electron chi connectivity index (χ1n) is 8.49. The highest BCUT2D eigenvalue weighted by Gasteiger charge is 2.37. The first-order chi connectivity index (χ1) is 11.7. The third-order valence-corrected chi connectivity index (χ3v) is 5.06.